The normalized spacial score (nSPS) is 21.2. The first-order chi connectivity index (χ1) is 27.7. The zero-order chi connectivity index (χ0) is 39.4. The lowest BCUT2D eigenvalue weighted by Gasteiger charge is -2.42. The first-order valence-electron chi connectivity index (χ1n) is 20.7. The zero-order valence-corrected chi connectivity index (χ0v) is 33.5. The molecule has 4 fully saturated rings. The number of amides is 2. The summed E-state index contributed by atoms with van der Waals surface area (Å²) >= 11 is 0. The van der Waals surface area contributed by atoms with Crippen molar-refractivity contribution in [1.29, 1.82) is 0 Å². The van der Waals surface area contributed by atoms with Gasteiger partial charge in [-0.05, 0) is 123 Å². The van der Waals surface area contributed by atoms with Crippen LogP contribution in [0.5, 0.6) is 11.5 Å². The van der Waals surface area contributed by atoms with E-state index in [9.17, 15) is 14.4 Å². The molecule has 4 aromatic rings. The molecule has 0 aliphatic carbocycles. The molecule has 5 aliphatic heterocycles. The number of aromatic nitrogens is 1. The summed E-state index contributed by atoms with van der Waals surface area (Å²) in [5.74, 6) is 1.72. The summed E-state index contributed by atoms with van der Waals surface area (Å²) in [7, 11) is 5.28. The topological polar surface area (TPSA) is 99.6 Å². The van der Waals surface area contributed by atoms with E-state index in [0.29, 0.717) is 36.7 Å². The second-order valence-electron chi connectivity index (χ2n) is 16.7. The number of methoxy groups -OCH3 is 2. The molecule has 0 spiro atoms. The molecule has 11 nitrogen and oxygen atoms in total. The van der Waals surface area contributed by atoms with Crippen molar-refractivity contribution in [3.63, 3.8) is 0 Å². The maximum atomic E-state index is 13.2. The van der Waals surface area contributed by atoms with Gasteiger partial charge < -0.3 is 28.7 Å². The molecule has 3 aromatic carbocycles. The molecule has 4 saturated heterocycles. The number of anilines is 1. The van der Waals surface area contributed by atoms with E-state index >= 15 is 0 Å². The number of carbonyl (C=O) groups is 2. The number of imide groups is 1. The number of ether oxygens (including phenoxy) is 2. The third-order valence-electron chi connectivity index (χ3n) is 13.5. The van der Waals surface area contributed by atoms with Gasteiger partial charge in [-0.25, -0.2) is 0 Å². The second-order valence-corrected chi connectivity index (χ2v) is 16.7. The molecule has 9 rings (SSSR count). The van der Waals surface area contributed by atoms with Crippen LogP contribution in [0.15, 0.2) is 66.1 Å². The number of hydrogen-bond acceptors (Lipinski definition) is 9. The number of benzene rings is 3. The van der Waals surface area contributed by atoms with E-state index in [1.165, 1.54) is 17.5 Å². The molecule has 0 saturated carbocycles. The molecule has 2 amide bonds. The number of aryl methyl sites for hydroxylation is 1. The number of nitrogens with zero attached hydrogens (tertiary/aromatic N) is 5. The molecule has 6 heterocycles. The van der Waals surface area contributed by atoms with Gasteiger partial charge in [0.1, 0.15) is 17.5 Å². The third kappa shape index (κ3) is 6.99. The minimum Gasteiger partial charge on any atom is -0.496 e. The highest BCUT2D eigenvalue weighted by Crippen LogP contribution is 2.41. The Hall–Kier alpha value is -5.13. The Morgan fingerprint density at radius 3 is 2.21 bits per heavy atom. The third-order valence-corrected chi connectivity index (χ3v) is 13.5. The highest BCUT2D eigenvalue weighted by atomic mass is 16.5. The first kappa shape index (κ1) is 37.4. The van der Waals surface area contributed by atoms with E-state index in [2.05, 4.69) is 74.0 Å². The molecule has 1 atom stereocenters. The summed E-state index contributed by atoms with van der Waals surface area (Å²) in [4.78, 5) is 47.2. The molecule has 11 heteroatoms. The lowest BCUT2D eigenvalue weighted by atomic mass is 9.86. The Morgan fingerprint density at radius 1 is 0.807 bits per heavy atom. The van der Waals surface area contributed by atoms with E-state index in [0.717, 1.165) is 122 Å². The Labute approximate surface area is 334 Å². The first-order valence-corrected chi connectivity index (χ1v) is 20.7. The van der Waals surface area contributed by atoms with E-state index in [-0.39, 0.29) is 23.4 Å². The summed E-state index contributed by atoms with van der Waals surface area (Å²) in [5.41, 5.74) is 8.78. The monoisotopic (exact) mass is 770 g/mol. The number of pyridine rings is 1. The van der Waals surface area contributed by atoms with E-state index in [4.69, 9.17) is 9.47 Å². The van der Waals surface area contributed by atoms with E-state index in [1.807, 2.05) is 19.3 Å². The molecular formula is C46H54N6O5. The second kappa shape index (κ2) is 15.3. The standard InChI is InChI=1S/C46H54N6O5/c1-29-36-8-6-31(22-33(36)26-52(29)41-10-11-44(53)47-45(41)54)30-12-20-51(21-13-30)34-14-18-49(19-15-34)28-40-42(56-3)23-32(24-43(40)57-4)39-27-48(2)46(55)37-9-7-35(25-38(37)39)50-16-5-17-50/h6-9,22-25,27,30,34,41H,1,5,10-21,26,28H2,2-4H3,(H,47,53,54). The molecule has 0 radical (unpaired) electrons. The van der Waals surface area contributed by atoms with Crippen LogP contribution in [0, 0.1) is 0 Å². The van der Waals surface area contributed by atoms with Gasteiger partial charge in [0.05, 0.1) is 19.8 Å². The number of rotatable bonds is 9. The van der Waals surface area contributed by atoms with Gasteiger partial charge in [-0.1, -0.05) is 24.8 Å². The molecule has 298 valence electrons. The summed E-state index contributed by atoms with van der Waals surface area (Å²) in [6, 6.07) is 17.5. The maximum Gasteiger partial charge on any atom is 0.258 e. The lowest BCUT2D eigenvalue weighted by molar-refractivity contribution is -0.136. The van der Waals surface area contributed by atoms with Crippen LogP contribution < -0.4 is 25.2 Å². The van der Waals surface area contributed by atoms with Crippen LogP contribution in [0.3, 0.4) is 0 Å². The molecule has 1 aromatic heterocycles. The molecule has 1 N–H and O–H groups in total. The van der Waals surface area contributed by atoms with Crippen molar-refractivity contribution in [3.8, 4) is 22.6 Å². The predicted octanol–water partition coefficient (Wildman–Crippen LogP) is 5.87. The predicted molar refractivity (Wildman–Crippen MR) is 224 cm³/mol. The average Bonchev–Trinajstić information content (AvgIpc) is 3.53. The van der Waals surface area contributed by atoms with Crippen LogP contribution in [-0.4, -0.2) is 96.7 Å². The number of hydrogen-bond donors (Lipinski definition) is 1. The number of nitrogens with one attached hydrogen (secondary N) is 1. The van der Waals surface area contributed by atoms with Gasteiger partial charge in [0.25, 0.3) is 5.56 Å². The van der Waals surface area contributed by atoms with Crippen molar-refractivity contribution in [2.75, 3.05) is 58.4 Å². The summed E-state index contributed by atoms with van der Waals surface area (Å²) in [6.45, 7) is 12.1. The van der Waals surface area contributed by atoms with Gasteiger partial charge in [0.15, 0.2) is 0 Å². The largest absolute Gasteiger partial charge is 0.496 e. The Bertz CT molecular complexity index is 2270. The quantitative estimate of drug-likeness (QED) is 0.210. The lowest BCUT2D eigenvalue weighted by Crippen LogP contribution is -2.50. The van der Waals surface area contributed by atoms with Gasteiger partial charge in [0, 0.05) is 79.8 Å². The van der Waals surface area contributed by atoms with Crippen molar-refractivity contribution in [2.24, 2.45) is 7.05 Å². The zero-order valence-electron chi connectivity index (χ0n) is 33.5. The Kier molecular flexibility index (Phi) is 10.1. The van der Waals surface area contributed by atoms with Gasteiger partial charge in [-0.2, -0.15) is 0 Å². The summed E-state index contributed by atoms with van der Waals surface area (Å²) in [5, 5.41) is 4.16. The van der Waals surface area contributed by atoms with Gasteiger partial charge >= 0.3 is 0 Å². The molecule has 5 aliphatic rings. The van der Waals surface area contributed by atoms with Crippen molar-refractivity contribution in [1.82, 2.24) is 24.6 Å². The van der Waals surface area contributed by atoms with Crippen LogP contribution >= 0.6 is 0 Å². The van der Waals surface area contributed by atoms with Gasteiger partial charge in [-0.3, -0.25) is 24.6 Å². The number of fused-ring (bicyclic) bond motifs is 2. The van der Waals surface area contributed by atoms with Crippen LogP contribution in [0.1, 0.15) is 73.1 Å². The minimum absolute atomic E-state index is 0.000176. The van der Waals surface area contributed by atoms with Gasteiger partial charge in [-0.15, -0.1) is 0 Å². The highest BCUT2D eigenvalue weighted by molar-refractivity contribution is 6.01. The SMILES string of the molecule is C=C1c2ccc(C3CCN(C4CCN(Cc5c(OC)cc(-c6cn(C)c(=O)c7ccc(N8CCC8)cc67)cc5OC)CC4)CC3)cc2CN1C1CCC(=O)NC1=O. The fourth-order valence-corrected chi connectivity index (χ4v) is 10.0. The summed E-state index contributed by atoms with van der Waals surface area (Å²) < 4.78 is 13.8. The number of likely N-dealkylation sites (tertiary alicyclic amines) is 2. The molecule has 57 heavy (non-hydrogen) atoms. The van der Waals surface area contributed by atoms with Crippen molar-refractivity contribution in [3.05, 3.63) is 93.9 Å². The molecule has 1 unspecified atom stereocenters. The van der Waals surface area contributed by atoms with Crippen LogP contribution in [-0.2, 0) is 29.7 Å². The smallest absolute Gasteiger partial charge is 0.258 e. The minimum atomic E-state index is -0.340. The fourth-order valence-electron chi connectivity index (χ4n) is 10.0. The Morgan fingerprint density at radius 2 is 1.54 bits per heavy atom. The maximum absolute atomic E-state index is 13.2. The van der Waals surface area contributed by atoms with E-state index in [1.54, 1.807) is 18.8 Å². The van der Waals surface area contributed by atoms with Crippen molar-refractivity contribution >= 4 is 34.0 Å². The van der Waals surface area contributed by atoms with Crippen molar-refractivity contribution in [2.45, 2.75) is 76.0 Å². The van der Waals surface area contributed by atoms with Crippen LogP contribution in [0.2, 0.25) is 0 Å². The summed E-state index contributed by atoms with van der Waals surface area (Å²) in [6.07, 6.45) is 8.59. The number of carbonyl (C=O) groups excluding carboxylic acids is 2. The number of piperidine rings is 3. The van der Waals surface area contributed by atoms with Crippen molar-refractivity contribution < 1.29 is 19.1 Å². The highest BCUT2D eigenvalue weighted by Gasteiger charge is 2.37. The van der Waals surface area contributed by atoms with Crippen LogP contribution in [0.25, 0.3) is 27.6 Å². The Balaban J connectivity index is 0.833. The molecule has 0 bridgehead atoms. The molecular weight excluding hydrogens is 717 g/mol. The van der Waals surface area contributed by atoms with Gasteiger partial charge in [0.2, 0.25) is 11.8 Å². The fraction of sp³-hybridized carbons (Fsp3) is 0.457. The van der Waals surface area contributed by atoms with Crippen LogP contribution in [0.4, 0.5) is 5.69 Å². The van der Waals surface area contributed by atoms with E-state index < -0.39 is 0 Å². The average molecular weight is 771 g/mol.